The first-order valence-electron chi connectivity index (χ1n) is 5.30. The Balaban J connectivity index is 4.14. The van der Waals surface area contributed by atoms with E-state index in [1.165, 1.54) is 0 Å². The Hall–Kier alpha value is -0.0800. The topological polar surface area (TPSA) is 40.5 Å². The highest BCUT2D eigenvalue weighted by molar-refractivity contribution is 4.85. The fourth-order valence-corrected chi connectivity index (χ4v) is 1.70. The maximum Gasteiger partial charge on any atom is 0.0905 e. The van der Waals surface area contributed by atoms with Crippen molar-refractivity contribution < 1.29 is 10.2 Å². The van der Waals surface area contributed by atoms with Gasteiger partial charge in [-0.25, -0.2) is 0 Å². The molecule has 2 atom stereocenters. The lowest BCUT2D eigenvalue weighted by atomic mass is 9.85. The molecule has 0 fully saturated rings. The van der Waals surface area contributed by atoms with Crippen molar-refractivity contribution >= 4 is 0 Å². The highest BCUT2D eigenvalue weighted by Crippen LogP contribution is 2.26. The van der Waals surface area contributed by atoms with Gasteiger partial charge in [0.15, 0.2) is 0 Å². The van der Waals surface area contributed by atoms with Crippen LogP contribution < -0.4 is 0 Å². The lowest BCUT2D eigenvalue weighted by molar-refractivity contribution is -0.0880. The van der Waals surface area contributed by atoms with E-state index in [4.69, 9.17) is 0 Å². The molecule has 0 heterocycles. The van der Waals surface area contributed by atoms with Crippen LogP contribution in [-0.4, -0.2) is 21.9 Å². The van der Waals surface area contributed by atoms with Crippen molar-refractivity contribution in [3.63, 3.8) is 0 Å². The monoisotopic (exact) mass is 187 g/mol. The summed E-state index contributed by atoms with van der Waals surface area (Å²) >= 11 is 0. The maximum absolute atomic E-state index is 10.1. The summed E-state index contributed by atoms with van der Waals surface area (Å²) in [4.78, 5) is 0. The minimum Gasteiger partial charge on any atom is -0.390 e. The average Bonchev–Trinajstić information content (AvgIpc) is 2.14. The van der Waals surface area contributed by atoms with Crippen LogP contribution in [0.5, 0.6) is 0 Å². The van der Waals surface area contributed by atoms with Crippen LogP contribution in [0.15, 0.2) is 0 Å². The zero-order chi connectivity index (χ0) is 10.3. The van der Waals surface area contributed by atoms with E-state index < -0.39 is 11.7 Å². The molecule has 0 saturated carbocycles. The van der Waals surface area contributed by atoms with Crippen molar-refractivity contribution in [3.8, 4) is 0 Å². The number of aliphatic hydroxyl groups is 2. The molecular formula is C11H23O2. The van der Waals surface area contributed by atoms with Gasteiger partial charge in [0.2, 0.25) is 0 Å². The summed E-state index contributed by atoms with van der Waals surface area (Å²) in [6, 6.07) is 0. The van der Waals surface area contributed by atoms with Gasteiger partial charge in [0.25, 0.3) is 0 Å². The van der Waals surface area contributed by atoms with Crippen molar-refractivity contribution in [2.24, 2.45) is 0 Å². The van der Waals surface area contributed by atoms with E-state index in [-0.39, 0.29) is 0 Å². The molecule has 0 aliphatic carbocycles. The summed E-state index contributed by atoms with van der Waals surface area (Å²) < 4.78 is 0. The van der Waals surface area contributed by atoms with Crippen LogP contribution in [0.25, 0.3) is 0 Å². The van der Waals surface area contributed by atoms with E-state index in [9.17, 15) is 10.2 Å². The molecule has 2 heteroatoms. The summed E-state index contributed by atoms with van der Waals surface area (Å²) in [5.41, 5.74) is -0.874. The number of rotatable bonds is 7. The molecule has 0 rings (SSSR count). The molecule has 0 aromatic carbocycles. The first kappa shape index (κ1) is 12.9. The molecule has 13 heavy (non-hydrogen) atoms. The predicted molar refractivity (Wildman–Crippen MR) is 55.4 cm³/mol. The third kappa shape index (κ3) is 4.10. The van der Waals surface area contributed by atoms with Crippen LogP contribution in [0.3, 0.4) is 0 Å². The second kappa shape index (κ2) is 6.39. The summed E-state index contributed by atoms with van der Waals surface area (Å²) in [6.07, 6.45) is 3.99. The molecule has 79 valence electrons. The van der Waals surface area contributed by atoms with E-state index in [0.29, 0.717) is 19.3 Å². The third-order valence-corrected chi connectivity index (χ3v) is 2.55. The second-order valence-corrected chi connectivity index (χ2v) is 3.73. The molecule has 0 saturated heterocycles. The van der Waals surface area contributed by atoms with Crippen LogP contribution in [0.4, 0.5) is 0 Å². The number of unbranched alkanes of at least 4 members (excludes halogenated alkanes) is 1. The number of hydrogen-bond acceptors (Lipinski definition) is 2. The number of aliphatic hydroxyl groups excluding tert-OH is 1. The normalized spacial score (nSPS) is 18.2. The summed E-state index contributed by atoms with van der Waals surface area (Å²) in [7, 11) is 0. The molecule has 0 spiro atoms. The van der Waals surface area contributed by atoms with E-state index in [2.05, 4.69) is 6.92 Å². The van der Waals surface area contributed by atoms with Crippen LogP contribution in [0.2, 0.25) is 0 Å². The SMILES string of the molecule is [CH2]CCCC(O)(CCC)C(O)CC. The fraction of sp³-hybridized carbons (Fsp3) is 0.909. The Kier molecular flexibility index (Phi) is 6.35. The van der Waals surface area contributed by atoms with Gasteiger partial charge in [-0.15, -0.1) is 0 Å². The minimum absolute atomic E-state index is 0.584. The van der Waals surface area contributed by atoms with E-state index in [1.807, 2.05) is 13.8 Å². The predicted octanol–water partition coefficient (Wildman–Crippen LogP) is 2.29. The maximum atomic E-state index is 10.1. The molecule has 2 N–H and O–H groups in total. The molecule has 1 radical (unpaired) electrons. The van der Waals surface area contributed by atoms with Gasteiger partial charge in [-0.3, -0.25) is 0 Å². The smallest absolute Gasteiger partial charge is 0.0905 e. The molecule has 0 aliphatic rings. The zero-order valence-corrected chi connectivity index (χ0v) is 8.92. The quantitative estimate of drug-likeness (QED) is 0.642. The first-order chi connectivity index (χ1) is 6.10. The average molecular weight is 187 g/mol. The van der Waals surface area contributed by atoms with Gasteiger partial charge in [0.1, 0.15) is 0 Å². The molecule has 0 aliphatic heterocycles. The largest absolute Gasteiger partial charge is 0.390 e. The fourth-order valence-electron chi connectivity index (χ4n) is 1.70. The Labute approximate surface area is 82.0 Å². The van der Waals surface area contributed by atoms with Crippen molar-refractivity contribution in [2.45, 2.75) is 64.1 Å². The van der Waals surface area contributed by atoms with E-state index in [1.54, 1.807) is 0 Å². The Bertz CT molecular complexity index is 125. The van der Waals surface area contributed by atoms with Crippen molar-refractivity contribution in [2.75, 3.05) is 0 Å². The van der Waals surface area contributed by atoms with Crippen LogP contribution in [0.1, 0.15) is 52.4 Å². The van der Waals surface area contributed by atoms with Gasteiger partial charge in [-0.1, -0.05) is 40.0 Å². The van der Waals surface area contributed by atoms with Crippen molar-refractivity contribution in [3.05, 3.63) is 6.92 Å². The molecule has 0 aromatic rings. The van der Waals surface area contributed by atoms with Crippen LogP contribution in [0, 0.1) is 6.92 Å². The van der Waals surface area contributed by atoms with Gasteiger partial charge in [0.05, 0.1) is 11.7 Å². The van der Waals surface area contributed by atoms with E-state index in [0.717, 1.165) is 19.3 Å². The molecular weight excluding hydrogens is 164 g/mol. The van der Waals surface area contributed by atoms with Gasteiger partial charge in [-0.05, 0) is 19.3 Å². The van der Waals surface area contributed by atoms with Gasteiger partial charge in [0, 0.05) is 0 Å². The Morgan fingerprint density at radius 2 is 1.92 bits per heavy atom. The highest BCUT2D eigenvalue weighted by Gasteiger charge is 2.32. The lowest BCUT2D eigenvalue weighted by Crippen LogP contribution is -2.41. The molecule has 2 nitrogen and oxygen atoms in total. The Morgan fingerprint density at radius 1 is 1.31 bits per heavy atom. The Morgan fingerprint density at radius 3 is 2.31 bits per heavy atom. The van der Waals surface area contributed by atoms with Crippen molar-refractivity contribution in [1.82, 2.24) is 0 Å². The molecule has 0 aromatic heterocycles. The first-order valence-corrected chi connectivity index (χ1v) is 5.30. The van der Waals surface area contributed by atoms with E-state index >= 15 is 0 Å². The molecule has 2 unspecified atom stereocenters. The summed E-state index contributed by atoms with van der Waals surface area (Å²) in [6.45, 7) is 7.66. The van der Waals surface area contributed by atoms with Gasteiger partial charge in [-0.2, -0.15) is 0 Å². The summed E-state index contributed by atoms with van der Waals surface area (Å²) in [5.74, 6) is 0. The minimum atomic E-state index is -0.874. The van der Waals surface area contributed by atoms with Crippen LogP contribution in [-0.2, 0) is 0 Å². The lowest BCUT2D eigenvalue weighted by Gasteiger charge is -2.32. The molecule has 0 amide bonds. The zero-order valence-electron chi connectivity index (χ0n) is 8.92. The summed E-state index contributed by atoms with van der Waals surface area (Å²) in [5, 5.41) is 19.8. The molecule has 0 bridgehead atoms. The van der Waals surface area contributed by atoms with Gasteiger partial charge < -0.3 is 10.2 Å². The van der Waals surface area contributed by atoms with Crippen LogP contribution >= 0.6 is 0 Å². The van der Waals surface area contributed by atoms with Gasteiger partial charge >= 0.3 is 0 Å². The highest BCUT2D eigenvalue weighted by atomic mass is 16.3. The third-order valence-electron chi connectivity index (χ3n) is 2.55. The number of hydrogen-bond donors (Lipinski definition) is 2. The van der Waals surface area contributed by atoms with Crippen molar-refractivity contribution in [1.29, 1.82) is 0 Å². The standard InChI is InChI=1S/C11H23O2/c1-4-7-9-11(13,8-5-2)10(12)6-3/h10,12-13H,1,4-9H2,2-3H3. The second-order valence-electron chi connectivity index (χ2n) is 3.73.